The Kier molecular flexibility index (Phi) is 4.92. The quantitative estimate of drug-likeness (QED) is 0.764. The van der Waals surface area contributed by atoms with Crippen molar-refractivity contribution in [2.75, 3.05) is 13.7 Å². The predicted molar refractivity (Wildman–Crippen MR) is 71.0 cm³/mol. The van der Waals surface area contributed by atoms with Gasteiger partial charge in [-0.05, 0) is 31.0 Å². The van der Waals surface area contributed by atoms with Gasteiger partial charge in [-0.1, -0.05) is 19.1 Å². The molecule has 5 heteroatoms. The van der Waals surface area contributed by atoms with E-state index in [0.717, 1.165) is 0 Å². The number of carboxylic acids is 1. The summed E-state index contributed by atoms with van der Waals surface area (Å²) in [6.07, 6.45) is 0.878. The third-order valence-electron chi connectivity index (χ3n) is 3.39. The van der Waals surface area contributed by atoms with Gasteiger partial charge >= 0.3 is 5.97 Å². The molecule has 1 rings (SSSR count). The van der Waals surface area contributed by atoms with E-state index in [4.69, 9.17) is 4.74 Å². The second-order valence-corrected chi connectivity index (χ2v) is 4.14. The number of likely N-dealkylation sites (N-methyl/N-ethyl adjacent to an activating group) is 1. The first-order valence-electron chi connectivity index (χ1n) is 6.16. The lowest BCUT2D eigenvalue weighted by Gasteiger charge is -2.37. The van der Waals surface area contributed by atoms with Crippen molar-refractivity contribution in [1.29, 1.82) is 0 Å². The van der Waals surface area contributed by atoms with Crippen molar-refractivity contribution in [3.05, 3.63) is 29.8 Å². The van der Waals surface area contributed by atoms with Gasteiger partial charge in [0.05, 0.1) is 7.11 Å². The molecule has 0 fully saturated rings. The second kappa shape index (κ2) is 6.22. The molecule has 1 unspecified atom stereocenters. The van der Waals surface area contributed by atoms with Crippen LogP contribution in [0.5, 0.6) is 5.75 Å². The Morgan fingerprint density at radius 1 is 1.37 bits per heavy atom. The number of hydrogen-bond acceptors (Lipinski definition) is 3. The molecule has 0 aliphatic carbocycles. The van der Waals surface area contributed by atoms with Crippen molar-refractivity contribution < 1.29 is 19.4 Å². The van der Waals surface area contributed by atoms with Gasteiger partial charge < -0.3 is 14.7 Å². The molecule has 0 aromatic heterocycles. The Balaban J connectivity index is 3.36. The van der Waals surface area contributed by atoms with Crippen LogP contribution in [0.1, 0.15) is 25.8 Å². The Labute approximate surface area is 112 Å². The topological polar surface area (TPSA) is 66.8 Å². The second-order valence-electron chi connectivity index (χ2n) is 4.14. The van der Waals surface area contributed by atoms with E-state index >= 15 is 0 Å². The maximum Gasteiger partial charge on any atom is 0.334 e. The van der Waals surface area contributed by atoms with Crippen LogP contribution < -0.4 is 4.74 Å². The van der Waals surface area contributed by atoms with Gasteiger partial charge in [-0.3, -0.25) is 4.79 Å². The number of carbonyl (C=O) groups excluding carboxylic acids is 1. The van der Waals surface area contributed by atoms with Crippen LogP contribution in [0, 0.1) is 0 Å². The van der Waals surface area contributed by atoms with E-state index in [-0.39, 0.29) is 0 Å². The minimum absolute atomic E-state index is 0.293. The van der Waals surface area contributed by atoms with Gasteiger partial charge in [0, 0.05) is 6.54 Å². The molecular formula is C14H19NO4. The number of carboxylic acid groups (broad SMARTS) is 1. The number of methoxy groups -OCH3 is 1. The average molecular weight is 265 g/mol. The molecule has 0 spiro atoms. The van der Waals surface area contributed by atoms with Gasteiger partial charge in [0.25, 0.3) is 0 Å². The van der Waals surface area contributed by atoms with E-state index in [1.165, 1.54) is 4.90 Å². The van der Waals surface area contributed by atoms with Crippen LogP contribution in [-0.4, -0.2) is 36.0 Å². The number of aliphatic carboxylic acids is 1. The van der Waals surface area contributed by atoms with E-state index in [1.807, 2.05) is 0 Å². The average Bonchev–Trinajstić information content (AvgIpc) is 2.44. The number of benzene rings is 1. The molecule has 0 saturated carbocycles. The smallest absolute Gasteiger partial charge is 0.334 e. The van der Waals surface area contributed by atoms with Crippen LogP contribution in [0.25, 0.3) is 0 Å². The third-order valence-corrected chi connectivity index (χ3v) is 3.39. The van der Waals surface area contributed by atoms with E-state index in [1.54, 1.807) is 45.2 Å². The summed E-state index contributed by atoms with van der Waals surface area (Å²) in [5.74, 6) is -0.387. The molecule has 1 aromatic carbocycles. The number of nitrogens with zero attached hydrogens (tertiary/aromatic N) is 1. The van der Waals surface area contributed by atoms with Crippen molar-refractivity contribution in [1.82, 2.24) is 4.90 Å². The highest BCUT2D eigenvalue weighted by Crippen LogP contribution is 2.32. The number of hydrogen-bond donors (Lipinski definition) is 1. The van der Waals surface area contributed by atoms with Crippen LogP contribution in [0.3, 0.4) is 0 Å². The van der Waals surface area contributed by atoms with Crippen LogP contribution >= 0.6 is 0 Å². The summed E-state index contributed by atoms with van der Waals surface area (Å²) < 4.78 is 5.06. The molecule has 0 radical (unpaired) electrons. The molecule has 0 aliphatic heterocycles. The van der Waals surface area contributed by atoms with E-state index < -0.39 is 11.5 Å². The Bertz CT molecular complexity index is 443. The number of ether oxygens (including phenoxy) is 1. The molecule has 5 nitrogen and oxygen atoms in total. The van der Waals surface area contributed by atoms with Gasteiger partial charge in [0.1, 0.15) is 5.75 Å². The van der Waals surface area contributed by atoms with E-state index in [2.05, 4.69) is 0 Å². The van der Waals surface area contributed by atoms with Crippen molar-refractivity contribution >= 4 is 12.4 Å². The zero-order valence-electron chi connectivity index (χ0n) is 11.4. The normalized spacial score (nSPS) is 13.4. The van der Waals surface area contributed by atoms with Crippen LogP contribution in [0.4, 0.5) is 0 Å². The molecule has 0 bridgehead atoms. The van der Waals surface area contributed by atoms with Crippen molar-refractivity contribution in [2.45, 2.75) is 25.8 Å². The Morgan fingerprint density at radius 3 is 2.26 bits per heavy atom. The number of rotatable bonds is 7. The van der Waals surface area contributed by atoms with Gasteiger partial charge in [-0.2, -0.15) is 0 Å². The maximum atomic E-state index is 11.7. The lowest BCUT2D eigenvalue weighted by molar-refractivity contribution is -0.156. The van der Waals surface area contributed by atoms with Crippen molar-refractivity contribution in [3.63, 3.8) is 0 Å². The largest absolute Gasteiger partial charge is 0.497 e. The van der Waals surface area contributed by atoms with Gasteiger partial charge in [0.2, 0.25) is 6.41 Å². The van der Waals surface area contributed by atoms with Crippen LogP contribution in [0.2, 0.25) is 0 Å². The van der Waals surface area contributed by atoms with Gasteiger partial charge in [-0.25, -0.2) is 4.79 Å². The molecule has 1 atom stereocenters. The molecule has 1 amide bonds. The maximum absolute atomic E-state index is 11.7. The fraction of sp³-hybridized carbons (Fsp3) is 0.429. The molecule has 0 saturated heterocycles. The van der Waals surface area contributed by atoms with E-state index in [0.29, 0.717) is 30.7 Å². The number of amides is 1. The van der Waals surface area contributed by atoms with Crippen molar-refractivity contribution in [3.8, 4) is 5.75 Å². The highest BCUT2D eigenvalue weighted by atomic mass is 16.5. The first-order chi connectivity index (χ1) is 9.06. The summed E-state index contributed by atoms with van der Waals surface area (Å²) in [7, 11) is 1.54. The SMILES string of the molecule is CCN(C=O)C(CC)(C(=O)O)c1ccc(OC)cc1. The molecule has 1 aromatic rings. The first kappa shape index (κ1) is 15.0. The summed E-state index contributed by atoms with van der Waals surface area (Å²) in [6, 6.07) is 6.76. The lowest BCUT2D eigenvalue weighted by atomic mass is 9.85. The third kappa shape index (κ3) is 2.54. The van der Waals surface area contributed by atoms with Crippen molar-refractivity contribution in [2.24, 2.45) is 0 Å². The highest BCUT2D eigenvalue weighted by molar-refractivity contribution is 5.83. The Hall–Kier alpha value is -2.04. The van der Waals surface area contributed by atoms with Gasteiger partial charge in [0.15, 0.2) is 5.54 Å². The molecule has 0 aliphatic rings. The molecule has 1 N–H and O–H groups in total. The summed E-state index contributed by atoms with van der Waals surface area (Å²) >= 11 is 0. The fourth-order valence-corrected chi connectivity index (χ4v) is 2.27. The van der Waals surface area contributed by atoms with Crippen LogP contribution in [0.15, 0.2) is 24.3 Å². The zero-order valence-corrected chi connectivity index (χ0v) is 11.4. The standard InChI is InChI=1S/C14H19NO4/c1-4-14(13(17)18,15(5-2)10-16)11-6-8-12(19-3)9-7-11/h6-10H,4-5H2,1-3H3,(H,17,18). The molecule has 0 heterocycles. The Morgan fingerprint density at radius 2 is 1.95 bits per heavy atom. The van der Waals surface area contributed by atoms with Gasteiger partial charge in [-0.15, -0.1) is 0 Å². The van der Waals surface area contributed by atoms with Crippen LogP contribution in [-0.2, 0) is 15.1 Å². The molecular weight excluding hydrogens is 246 g/mol. The number of carbonyl (C=O) groups is 2. The zero-order chi connectivity index (χ0) is 14.5. The first-order valence-corrected chi connectivity index (χ1v) is 6.16. The highest BCUT2D eigenvalue weighted by Gasteiger charge is 2.43. The molecule has 19 heavy (non-hydrogen) atoms. The fourth-order valence-electron chi connectivity index (χ4n) is 2.27. The molecule has 104 valence electrons. The summed E-state index contributed by atoms with van der Waals surface area (Å²) in [5, 5.41) is 9.60. The lowest BCUT2D eigenvalue weighted by Crippen LogP contribution is -2.51. The predicted octanol–water partition coefficient (Wildman–Crippen LogP) is 1.86. The minimum Gasteiger partial charge on any atom is -0.497 e. The minimum atomic E-state index is -1.33. The van der Waals surface area contributed by atoms with E-state index in [9.17, 15) is 14.7 Å². The summed E-state index contributed by atoms with van der Waals surface area (Å²) in [4.78, 5) is 24.2. The monoisotopic (exact) mass is 265 g/mol. The summed E-state index contributed by atoms with van der Waals surface area (Å²) in [6.45, 7) is 3.84. The summed E-state index contributed by atoms with van der Waals surface area (Å²) in [5.41, 5.74) is -0.764.